The molecule has 1 aliphatic heterocycles. The molecule has 1 aromatic carbocycles. The highest BCUT2D eigenvalue weighted by Gasteiger charge is 2.41. The smallest absolute Gasteiger partial charge is 0.130 e. The van der Waals surface area contributed by atoms with E-state index in [0.29, 0.717) is 6.04 Å². The number of para-hydroxylation sites is 2. The van der Waals surface area contributed by atoms with E-state index in [2.05, 4.69) is 41.1 Å². The van der Waals surface area contributed by atoms with Crippen LogP contribution in [0.1, 0.15) is 50.9 Å². The lowest BCUT2D eigenvalue weighted by Crippen LogP contribution is -2.38. The topological polar surface area (TPSA) is 29.9 Å². The summed E-state index contributed by atoms with van der Waals surface area (Å²) in [4.78, 5) is 5.00. The minimum atomic E-state index is 0.113. The molecule has 1 saturated heterocycles. The summed E-state index contributed by atoms with van der Waals surface area (Å²) >= 11 is 0. The molecule has 2 aromatic rings. The van der Waals surface area contributed by atoms with Gasteiger partial charge in [0.1, 0.15) is 5.82 Å². The van der Waals surface area contributed by atoms with Gasteiger partial charge in [0.15, 0.2) is 0 Å². The molecule has 1 N–H and O–H groups in total. The third kappa shape index (κ3) is 1.64. The molecule has 0 radical (unpaired) electrons. The molecule has 1 unspecified atom stereocenters. The predicted molar refractivity (Wildman–Crippen MR) is 77.2 cm³/mol. The van der Waals surface area contributed by atoms with Crippen LogP contribution in [0.5, 0.6) is 0 Å². The van der Waals surface area contributed by atoms with Crippen LogP contribution in [-0.2, 0) is 5.54 Å². The first-order valence-electron chi connectivity index (χ1n) is 7.56. The van der Waals surface area contributed by atoms with Crippen LogP contribution >= 0.6 is 0 Å². The van der Waals surface area contributed by atoms with E-state index >= 15 is 0 Å². The van der Waals surface area contributed by atoms with Gasteiger partial charge in [-0.2, -0.15) is 0 Å². The molecule has 1 atom stereocenters. The van der Waals surface area contributed by atoms with E-state index in [0.717, 1.165) is 18.5 Å². The molecule has 1 saturated carbocycles. The van der Waals surface area contributed by atoms with Crippen LogP contribution in [0.2, 0.25) is 0 Å². The number of aromatic nitrogens is 2. The van der Waals surface area contributed by atoms with E-state index < -0.39 is 0 Å². The molecule has 2 heterocycles. The molecule has 19 heavy (non-hydrogen) atoms. The third-order valence-corrected chi connectivity index (χ3v) is 4.78. The summed E-state index contributed by atoms with van der Waals surface area (Å²) in [6.07, 6.45) is 6.24. The normalized spacial score (nSPS) is 27.2. The zero-order valence-corrected chi connectivity index (χ0v) is 11.5. The largest absolute Gasteiger partial charge is 0.323 e. The number of nitrogens with zero attached hydrogens (tertiary/aromatic N) is 2. The lowest BCUT2D eigenvalue weighted by atomic mass is 9.93. The maximum atomic E-state index is 5.00. The summed E-state index contributed by atoms with van der Waals surface area (Å²) in [6, 6.07) is 9.29. The highest BCUT2D eigenvalue weighted by Crippen LogP contribution is 2.43. The number of nitrogens with one attached hydrogen (secondary N) is 1. The molecule has 0 amide bonds. The van der Waals surface area contributed by atoms with Crippen molar-refractivity contribution in [3.63, 3.8) is 0 Å². The molecule has 4 rings (SSSR count). The van der Waals surface area contributed by atoms with Crippen molar-refractivity contribution in [1.29, 1.82) is 0 Å². The minimum Gasteiger partial charge on any atom is -0.323 e. The van der Waals surface area contributed by atoms with Crippen LogP contribution in [-0.4, -0.2) is 16.1 Å². The lowest BCUT2D eigenvalue weighted by Gasteiger charge is -2.28. The minimum absolute atomic E-state index is 0.113. The average molecular weight is 255 g/mol. The highest BCUT2D eigenvalue weighted by atomic mass is 15.2. The molecule has 0 bridgehead atoms. The molecular formula is C16H21N3. The first kappa shape index (κ1) is 11.5. The summed E-state index contributed by atoms with van der Waals surface area (Å²) in [5.41, 5.74) is 2.59. The van der Waals surface area contributed by atoms with Gasteiger partial charge in [-0.25, -0.2) is 4.98 Å². The van der Waals surface area contributed by atoms with Gasteiger partial charge in [0, 0.05) is 6.04 Å². The van der Waals surface area contributed by atoms with Crippen molar-refractivity contribution in [2.45, 2.75) is 50.6 Å². The highest BCUT2D eigenvalue weighted by molar-refractivity contribution is 5.76. The fraction of sp³-hybridized carbons (Fsp3) is 0.562. The van der Waals surface area contributed by atoms with E-state index in [1.807, 2.05) is 0 Å². The number of imidazole rings is 1. The van der Waals surface area contributed by atoms with Crippen molar-refractivity contribution in [2.24, 2.45) is 0 Å². The zero-order chi connectivity index (χ0) is 12.9. The Bertz CT molecular complexity index is 603. The second kappa shape index (κ2) is 4.07. The summed E-state index contributed by atoms with van der Waals surface area (Å²) in [5.74, 6) is 1.29. The van der Waals surface area contributed by atoms with Crippen LogP contribution in [0, 0.1) is 0 Å². The standard InChI is InChI=1S/C16H21N3/c1-2-16(10-5-11-17-16)15-18-13-6-3-4-7-14(13)19(15)12-8-9-12/h3-4,6-7,12,17H,2,5,8-11H2,1H3. The third-order valence-electron chi connectivity index (χ3n) is 4.78. The maximum absolute atomic E-state index is 5.00. The Morgan fingerprint density at radius 2 is 2.21 bits per heavy atom. The second-order valence-electron chi connectivity index (χ2n) is 5.99. The van der Waals surface area contributed by atoms with Crippen molar-refractivity contribution in [3.05, 3.63) is 30.1 Å². The number of benzene rings is 1. The van der Waals surface area contributed by atoms with Crippen molar-refractivity contribution in [3.8, 4) is 0 Å². The van der Waals surface area contributed by atoms with Gasteiger partial charge >= 0.3 is 0 Å². The Balaban J connectivity index is 1.95. The number of rotatable bonds is 3. The molecule has 3 nitrogen and oxygen atoms in total. The number of hydrogen-bond acceptors (Lipinski definition) is 2. The van der Waals surface area contributed by atoms with Crippen molar-refractivity contribution < 1.29 is 0 Å². The van der Waals surface area contributed by atoms with Gasteiger partial charge in [0.25, 0.3) is 0 Å². The van der Waals surface area contributed by atoms with E-state index in [1.165, 1.54) is 37.0 Å². The van der Waals surface area contributed by atoms with Crippen LogP contribution in [0.3, 0.4) is 0 Å². The average Bonchev–Trinajstić information content (AvgIpc) is 3.05. The summed E-state index contributed by atoms with van der Waals surface area (Å²) in [6.45, 7) is 3.41. The number of hydrogen-bond donors (Lipinski definition) is 1. The fourth-order valence-corrected chi connectivity index (χ4v) is 3.54. The van der Waals surface area contributed by atoms with Gasteiger partial charge in [-0.15, -0.1) is 0 Å². The van der Waals surface area contributed by atoms with Crippen LogP contribution < -0.4 is 5.32 Å². The summed E-state index contributed by atoms with van der Waals surface area (Å²) < 4.78 is 2.52. The van der Waals surface area contributed by atoms with Crippen LogP contribution in [0.4, 0.5) is 0 Å². The van der Waals surface area contributed by atoms with Crippen molar-refractivity contribution >= 4 is 11.0 Å². The Kier molecular flexibility index (Phi) is 2.46. The first-order valence-corrected chi connectivity index (χ1v) is 7.56. The SMILES string of the molecule is CCC1(c2nc3ccccc3n2C2CC2)CCCN1. The van der Waals surface area contributed by atoms with Crippen molar-refractivity contribution in [1.82, 2.24) is 14.9 Å². The van der Waals surface area contributed by atoms with Gasteiger partial charge in [-0.05, 0) is 50.8 Å². The molecule has 2 aliphatic rings. The summed E-state index contributed by atoms with van der Waals surface area (Å²) in [7, 11) is 0. The van der Waals surface area contributed by atoms with E-state index in [-0.39, 0.29) is 5.54 Å². The Morgan fingerprint density at radius 1 is 1.37 bits per heavy atom. The second-order valence-corrected chi connectivity index (χ2v) is 5.99. The molecule has 1 aromatic heterocycles. The van der Waals surface area contributed by atoms with E-state index in [9.17, 15) is 0 Å². The van der Waals surface area contributed by atoms with Crippen LogP contribution in [0.25, 0.3) is 11.0 Å². The van der Waals surface area contributed by atoms with E-state index in [1.54, 1.807) is 0 Å². The van der Waals surface area contributed by atoms with Gasteiger partial charge in [-0.1, -0.05) is 19.1 Å². The van der Waals surface area contributed by atoms with Crippen molar-refractivity contribution in [2.75, 3.05) is 6.54 Å². The molecule has 100 valence electrons. The monoisotopic (exact) mass is 255 g/mol. The van der Waals surface area contributed by atoms with Crippen LogP contribution in [0.15, 0.2) is 24.3 Å². The summed E-state index contributed by atoms with van der Waals surface area (Å²) in [5, 5.41) is 3.74. The van der Waals surface area contributed by atoms with Gasteiger partial charge in [0.2, 0.25) is 0 Å². The molecular weight excluding hydrogens is 234 g/mol. The first-order chi connectivity index (χ1) is 9.34. The fourth-order valence-electron chi connectivity index (χ4n) is 3.54. The van der Waals surface area contributed by atoms with Gasteiger partial charge in [0.05, 0.1) is 16.6 Å². The van der Waals surface area contributed by atoms with E-state index in [4.69, 9.17) is 4.98 Å². The quantitative estimate of drug-likeness (QED) is 0.911. The lowest BCUT2D eigenvalue weighted by molar-refractivity contribution is 0.339. The zero-order valence-electron chi connectivity index (χ0n) is 11.5. The molecule has 3 heteroatoms. The maximum Gasteiger partial charge on any atom is 0.130 e. The number of fused-ring (bicyclic) bond motifs is 1. The Labute approximate surface area is 114 Å². The van der Waals surface area contributed by atoms with Gasteiger partial charge < -0.3 is 9.88 Å². The molecule has 2 fully saturated rings. The van der Waals surface area contributed by atoms with Gasteiger partial charge in [-0.3, -0.25) is 0 Å². The Hall–Kier alpha value is -1.35. The predicted octanol–water partition coefficient (Wildman–Crippen LogP) is 3.36. The Morgan fingerprint density at radius 3 is 2.89 bits per heavy atom. The molecule has 0 spiro atoms. The molecule has 1 aliphatic carbocycles.